The number of hydrogen-bond acceptors (Lipinski definition) is 7. The van der Waals surface area contributed by atoms with Crippen molar-refractivity contribution in [2.75, 3.05) is 18.6 Å². The van der Waals surface area contributed by atoms with Gasteiger partial charge in [-0.15, -0.1) is 0 Å². The molecule has 3 N–H and O–H groups in total. The minimum absolute atomic E-state index is 0.114. The molecule has 1 aromatic carbocycles. The van der Waals surface area contributed by atoms with Gasteiger partial charge in [0.1, 0.15) is 5.69 Å². The largest absolute Gasteiger partial charge is 0.477 e. The Bertz CT molecular complexity index is 1150. The van der Waals surface area contributed by atoms with Gasteiger partial charge in [-0.2, -0.15) is 0 Å². The van der Waals surface area contributed by atoms with Crippen molar-refractivity contribution >= 4 is 21.4 Å². The summed E-state index contributed by atoms with van der Waals surface area (Å²) in [6.45, 7) is 2.37. The van der Waals surface area contributed by atoms with Gasteiger partial charge in [-0.05, 0) is 42.8 Å². The standard InChI is InChI=1S/C21H22N4O4S/c1-3-29-21-19(17-6-4-5-11-23-17)16(22)12-18(25-21)20(26)24-13-14-7-9-15(10-8-14)30(2,27)28/h4-12H,3,13H2,1-2H3,(H2,22,25)(H,24,26). The predicted octanol–water partition coefficient (Wildman–Crippen LogP) is 2.46. The molecule has 0 saturated carbocycles. The van der Waals surface area contributed by atoms with Crippen molar-refractivity contribution in [1.82, 2.24) is 15.3 Å². The Morgan fingerprint density at radius 2 is 1.90 bits per heavy atom. The summed E-state index contributed by atoms with van der Waals surface area (Å²) < 4.78 is 28.7. The molecule has 0 bridgehead atoms. The molecule has 30 heavy (non-hydrogen) atoms. The molecule has 0 spiro atoms. The predicted molar refractivity (Wildman–Crippen MR) is 114 cm³/mol. The van der Waals surface area contributed by atoms with Crippen LogP contribution in [0.15, 0.2) is 59.6 Å². The van der Waals surface area contributed by atoms with Crippen LogP contribution < -0.4 is 15.8 Å². The molecule has 0 atom stereocenters. The van der Waals surface area contributed by atoms with Crippen LogP contribution in [0.3, 0.4) is 0 Å². The van der Waals surface area contributed by atoms with E-state index in [1.807, 2.05) is 13.0 Å². The Balaban J connectivity index is 1.80. The average molecular weight is 426 g/mol. The number of amides is 1. The van der Waals surface area contributed by atoms with Gasteiger partial charge in [0.05, 0.1) is 22.8 Å². The first kappa shape index (κ1) is 21.3. The minimum Gasteiger partial charge on any atom is -0.477 e. The van der Waals surface area contributed by atoms with Gasteiger partial charge >= 0.3 is 0 Å². The quantitative estimate of drug-likeness (QED) is 0.594. The molecule has 2 heterocycles. The van der Waals surface area contributed by atoms with Crippen LogP contribution >= 0.6 is 0 Å². The molecular formula is C21H22N4O4S. The number of sulfone groups is 1. The van der Waals surface area contributed by atoms with Crippen LogP contribution in [0.5, 0.6) is 5.88 Å². The summed E-state index contributed by atoms with van der Waals surface area (Å²) in [5, 5.41) is 2.75. The van der Waals surface area contributed by atoms with Gasteiger partial charge < -0.3 is 15.8 Å². The molecule has 8 nitrogen and oxygen atoms in total. The zero-order chi connectivity index (χ0) is 21.7. The van der Waals surface area contributed by atoms with E-state index in [0.29, 0.717) is 23.6 Å². The van der Waals surface area contributed by atoms with Crippen molar-refractivity contribution in [2.24, 2.45) is 0 Å². The first-order valence-electron chi connectivity index (χ1n) is 9.21. The number of nitrogens with one attached hydrogen (secondary N) is 1. The van der Waals surface area contributed by atoms with Gasteiger partial charge in [0.15, 0.2) is 9.84 Å². The van der Waals surface area contributed by atoms with Crippen LogP contribution in [-0.2, 0) is 16.4 Å². The number of pyridine rings is 2. The first-order chi connectivity index (χ1) is 14.3. The smallest absolute Gasteiger partial charge is 0.270 e. The summed E-state index contributed by atoms with van der Waals surface area (Å²) in [7, 11) is -3.27. The molecule has 0 fully saturated rings. The van der Waals surface area contributed by atoms with E-state index in [0.717, 1.165) is 11.8 Å². The lowest BCUT2D eigenvalue weighted by Crippen LogP contribution is -2.24. The highest BCUT2D eigenvalue weighted by atomic mass is 32.2. The number of carbonyl (C=O) groups is 1. The molecule has 1 amide bonds. The van der Waals surface area contributed by atoms with Gasteiger partial charge in [0.2, 0.25) is 5.88 Å². The van der Waals surface area contributed by atoms with Crippen molar-refractivity contribution in [3.63, 3.8) is 0 Å². The monoisotopic (exact) mass is 426 g/mol. The number of carbonyl (C=O) groups excluding carboxylic acids is 1. The van der Waals surface area contributed by atoms with Gasteiger partial charge in [0.25, 0.3) is 5.91 Å². The number of anilines is 1. The molecule has 3 aromatic rings. The molecule has 156 valence electrons. The lowest BCUT2D eigenvalue weighted by Gasteiger charge is -2.13. The average Bonchev–Trinajstić information content (AvgIpc) is 2.72. The molecule has 0 aliphatic carbocycles. The molecule has 3 rings (SSSR count). The fourth-order valence-electron chi connectivity index (χ4n) is 2.79. The fourth-order valence-corrected chi connectivity index (χ4v) is 3.42. The molecule has 0 radical (unpaired) electrons. The Morgan fingerprint density at radius 3 is 2.50 bits per heavy atom. The number of nitrogens with zero attached hydrogens (tertiary/aromatic N) is 2. The molecule has 9 heteroatoms. The molecule has 0 unspecified atom stereocenters. The van der Waals surface area contributed by atoms with Crippen LogP contribution in [0.1, 0.15) is 23.0 Å². The van der Waals surface area contributed by atoms with E-state index in [-0.39, 0.29) is 23.0 Å². The number of aromatic nitrogens is 2. The second-order valence-electron chi connectivity index (χ2n) is 6.52. The van der Waals surface area contributed by atoms with E-state index in [4.69, 9.17) is 10.5 Å². The summed E-state index contributed by atoms with van der Waals surface area (Å²) in [5.41, 5.74) is 8.52. The summed E-state index contributed by atoms with van der Waals surface area (Å²) in [6, 6.07) is 13.2. The maximum absolute atomic E-state index is 12.6. The van der Waals surface area contributed by atoms with E-state index in [1.54, 1.807) is 30.5 Å². The Hall–Kier alpha value is -3.46. The van der Waals surface area contributed by atoms with Gasteiger partial charge in [-0.25, -0.2) is 13.4 Å². The molecule has 0 aliphatic heterocycles. The van der Waals surface area contributed by atoms with E-state index in [2.05, 4.69) is 15.3 Å². The number of nitrogens with two attached hydrogens (primary N) is 1. The number of nitrogen functional groups attached to an aromatic ring is 1. The zero-order valence-electron chi connectivity index (χ0n) is 16.6. The van der Waals surface area contributed by atoms with E-state index in [9.17, 15) is 13.2 Å². The molecule has 2 aromatic heterocycles. The van der Waals surface area contributed by atoms with Crippen molar-refractivity contribution in [3.05, 3.63) is 66.0 Å². The van der Waals surface area contributed by atoms with E-state index in [1.165, 1.54) is 18.2 Å². The third-order valence-corrected chi connectivity index (χ3v) is 5.38. The second-order valence-corrected chi connectivity index (χ2v) is 8.54. The summed E-state index contributed by atoms with van der Waals surface area (Å²) in [5.74, 6) is -0.193. The van der Waals surface area contributed by atoms with E-state index < -0.39 is 15.7 Å². The summed E-state index contributed by atoms with van der Waals surface area (Å²) >= 11 is 0. The van der Waals surface area contributed by atoms with Crippen molar-refractivity contribution in [3.8, 4) is 17.1 Å². The van der Waals surface area contributed by atoms with Gasteiger partial charge in [-0.3, -0.25) is 9.78 Å². The molecule has 0 saturated heterocycles. The molecular weight excluding hydrogens is 404 g/mol. The third kappa shape index (κ3) is 4.93. The van der Waals surface area contributed by atoms with Crippen LogP contribution in [-0.4, -0.2) is 37.2 Å². The van der Waals surface area contributed by atoms with Crippen LogP contribution in [0.25, 0.3) is 11.3 Å². The first-order valence-corrected chi connectivity index (χ1v) is 11.1. The third-order valence-electron chi connectivity index (χ3n) is 4.26. The maximum atomic E-state index is 12.6. The Morgan fingerprint density at radius 1 is 1.17 bits per heavy atom. The number of ether oxygens (including phenoxy) is 1. The highest BCUT2D eigenvalue weighted by Gasteiger charge is 2.18. The second kappa shape index (κ2) is 8.91. The highest BCUT2D eigenvalue weighted by Crippen LogP contribution is 2.33. The van der Waals surface area contributed by atoms with Gasteiger partial charge in [0, 0.05) is 24.7 Å². The lowest BCUT2D eigenvalue weighted by molar-refractivity contribution is 0.0945. The Labute approximate surface area is 175 Å². The highest BCUT2D eigenvalue weighted by molar-refractivity contribution is 7.90. The summed E-state index contributed by atoms with van der Waals surface area (Å²) in [4.78, 5) is 21.4. The van der Waals surface area contributed by atoms with Crippen LogP contribution in [0, 0.1) is 0 Å². The van der Waals surface area contributed by atoms with Crippen LogP contribution in [0.4, 0.5) is 5.69 Å². The maximum Gasteiger partial charge on any atom is 0.270 e. The molecule has 0 aliphatic rings. The van der Waals surface area contributed by atoms with Gasteiger partial charge in [-0.1, -0.05) is 18.2 Å². The van der Waals surface area contributed by atoms with Crippen molar-refractivity contribution in [1.29, 1.82) is 0 Å². The van der Waals surface area contributed by atoms with Crippen LogP contribution in [0.2, 0.25) is 0 Å². The zero-order valence-corrected chi connectivity index (χ0v) is 17.4. The normalized spacial score (nSPS) is 11.1. The van der Waals surface area contributed by atoms with Crippen molar-refractivity contribution < 1.29 is 17.9 Å². The SMILES string of the molecule is CCOc1nc(C(=O)NCc2ccc(S(C)(=O)=O)cc2)cc(N)c1-c1ccccn1. The lowest BCUT2D eigenvalue weighted by atomic mass is 10.1. The minimum atomic E-state index is -3.27. The fraction of sp³-hybridized carbons (Fsp3) is 0.190. The number of hydrogen-bond donors (Lipinski definition) is 2. The van der Waals surface area contributed by atoms with E-state index >= 15 is 0 Å². The Kier molecular flexibility index (Phi) is 6.31. The summed E-state index contributed by atoms with van der Waals surface area (Å²) in [6.07, 6.45) is 2.78. The number of benzene rings is 1. The van der Waals surface area contributed by atoms with Crippen molar-refractivity contribution in [2.45, 2.75) is 18.4 Å². The topological polar surface area (TPSA) is 124 Å². The number of rotatable bonds is 7.